The van der Waals surface area contributed by atoms with Gasteiger partial charge in [0.1, 0.15) is 11.6 Å². The van der Waals surface area contributed by atoms with E-state index in [9.17, 15) is 14.0 Å². The first-order chi connectivity index (χ1) is 13.5. The Balaban J connectivity index is 1.61. The number of ether oxygens (including phenoxy) is 1. The number of hydrogen-bond donors (Lipinski definition) is 1. The Labute approximate surface area is 162 Å². The summed E-state index contributed by atoms with van der Waals surface area (Å²) in [5, 5.41) is 2.74. The van der Waals surface area contributed by atoms with E-state index in [2.05, 4.69) is 5.32 Å². The second-order valence-corrected chi connectivity index (χ2v) is 6.01. The van der Waals surface area contributed by atoms with E-state index in [0.717, 1.165) is 5.56 Å². The maximum Gasteiger partial charge on any atom is 0.255 e. The van der Waals surface area contributed by atoms with Gasteiger partial charge in [0.2, 0.25) is 0 Å². The average molecular weight is 375 g/mol. The van der Waals surface area contributed by atoms with Gasteiger partial charge < -0.3 is 10.1 Å². The van der Waals surface area contributed by atoms with Crippen molar-refractivity contribution < 1.29 is 18.7 Å². The van der Waals surface area contributed by atoms with Crippen LogP contribution in [0.15, 0.2) is 78.9 Å². The van der Waals surface area contributed by atoms with Gasteiger partial charge in [-0.05, 0) is 72.3 Å². The predicted molar refractivity (Wildman–Crippen MR) is 107 cm³/mol. The van der Waals surface area contributed by atoms with Crippen LogP contribution in [0.1, 0.15) is 26.3 Å². The van der Waals surface area contributed by atoms with Crippen LogP contribution in [0.25, 0.3) is 6.08 Å². The lowest BCUT2D eigenvalue weighted by molar-refractivity contribution is 0.102. The zero-order valence-electron chi connectivity index (χ0n) is 15.2. The largest absolute Gasteiger partial charge is 0.497 e. The Kier molecular flexibility index (Phi) is 5.97. The molecule has 4 nitrogen and oxygen atoms in total. The summed E-state index contributed by atoms with van der Waals surface area (Å²) in [6.07, 6.45) is 3.20. The van der Waals surface area contributed by atoms with Gasteiger partial charge in [-0.25, -0.2) is 4.39 Å². The number of nitrogens with one attached hydrogen (secondary N) is 1. The van der Waals surface area contributed by atoms with Gasteiger partial charge in [0.25, 0.3) is 5.91 Å². The zero-order chi connectivity index (χ0) is 19.9. The highest BCUT2D eigenvalue weighted by atomic mass is 19.1. The van der Waals surface area contributed by atoms with Crippen LogP contribution in [0, 0.1) is 5.82 Å². The highest BCUT2D eigenvalue weighted by Gasteiger charge is 2.06. The number of ketones is 1. The first kappa shape index (κ1) is 19.0. The third kappa shape index (κ3) is 4.92. The summed E-state index contributed by atoms with van der Waals surface area (Å²) >= 11 is 0. The van der Waals surface area contributed by atoms with Gasteiger partial charge in [0, 0.05) is 16.8 Å². The van der Waals surface area contributed by atoms with Crippen molar-refractivity contribution in [2.75, 3.05) is 12.4 Å². The summed E-state index contributed by atoms with van der Waals surface area (Å²) in [4.78, 5) is 24.3. The summed E-state index contributed by atoms with van der Waals surface area (Å²) in [6, 6.07) is 19.3. The topological polar surface area (TPSA) is 55.4 Å². The number of methoxy groups -OCH3 is 1. The maximum absolute atomic E-state index is 12.9. The highest BCUT2D eigenvalue weighted by molar-refractivity contribution is 6.07. The van der Waals surface area contributed by atoms with Crippen LogP contribution in [-0.4, -0.2) is 18.8 Å². The molecular formula is C23H18FNO3. The van der Waals surface area contributed by atoms with Crippen LogP contribution in [0.5, 0.6) is 5.75 Å². The van der Waals surface area contributed by atoms with Crippen LogP contribution in [-0.2, 0) is 0 Å². The van der Waals surface area contributed by atoms with Crippen molar-refractivity contribution in [2.45, 2.75) is 0 Å². The van der Waals surface area contributed by atoms with Crippen molar-refractivity contribution in [2.24, 2.45) is 0 Å². The lowest BCUT2D eigenvalue weighted by atomic mass is 10.1. The fourth-order valence-corrected chi connectivity index (χ4v) is 2.51. The van der Waals surface area contributed by atoms with E-state index in [4.69, 9.17) is 4.74 Å². The van der Waals surface area contributed by atoms with Crippen molar-refractivity contribution in [1.29, 1.82) is 0 Å². The lowest BCUT2D eigenvalue weighted by Crippen LogP contribution is -2.11. The molecule has 0 aromatic heterocycles. The summed E-state index contributed by atoms with van der Waals surface area (Å²) < 4.78 is 18.0. The molecule has 0 saturated carbocycles. The van der Waals surface area contributed by atoms with E-state index < -0.39 is 5.82 Å². The second-order valence-electron chi connectivity index (χ2n) is 6.01. The molecule has 0 spiro atoms. The van der Waals surface area contributed by atoms with Gasteiger partial charge in [-0.1, -0.05) is 18.2 Å². The maximum atomic E-state index is 12.9. The minimum atomic E-state index is -0.392. The SMILES string of the molecule is COc1ccc(C(=O)/C=C\c2ccc(NC(=O)c3ccc(F)cc3)cc2)cc1. The zero-order valence-corrected chi connectivity index (χ0v) is 15.2. The molecule has 0 aliphatic carbocycles. The smallest absolute Gasteiger partial charge is 0.255 e. The average Bonchev–Trinajstić information content (AvgIpc) is 2.73. The molecule has 0 aliphatic rings. The third-order valence-corrected chi connectivity index (χ3v) is 4.08. The van der Waals surface area contributed by atoms with Gasteiger partial charge in [-0.2, -0.15) is 0 Å². The number of carbonyl (C=O) groups excluding carboxylic acids is 2. The van der Waals surface area contributed by atoms with Gasteiger partial charge >= 0.3 is 0 Å². The molecule has 3 rings (SSSR count). The number of carbonyl (C=O) groups is 2. The van der Waals surface area contributed by atoms with Crippen LogP contribution in [0.2, 0.25) is 0 Å². The van der Waals surface area contributed by atoms with Crippen molar-refractivity contribution >= 4 is 23.5 Å². The molecule has 0 atom stereocenters. The third-order valence-electron chi connectivity index (χ3n) is 4.08. The fourth-order valence-electron chi connectivity index (χ4n) is 2.51. The lowest BCUT2D eigenvalue weighted by Gasteiger charge is -2.05. The van der Waals surface area contributed by atoms with Gasteiger partial charge in [0.15, 0.2) is 5.78 Å². The molecule has 28 heavy (non-hydrogen) atoms. The predicted octanol–water partition coefficient (Wildman–Crippen LogP) is 4.98. The van der Waals surface area contributed by atoms with Crippen molar-refractivity contribution in [3.8, 4) is 5.75 Å². The standard InChI is InChI=1S/C23H18FNO3/c1-28-21-13-7-17(8-14-21)22(26)15-4-16-2-11-20(12-3-16)25-23(27)18-5-9-19(24)10-6-18/h2-15H,1H3,(H,25,27)/b15-4-. The molecule has 0 fully saturated rings. The molecule has 1 N–H and O–H groups in total. The molecule has 3 aromatic rings. The molecule has 0 unspecified atom stereocenters. The van der Waals surface area contributed by atoms with Crippen molar-refractivity contribution in [3.63, 3.8) is 0 Å². The first-order valence-electron chi connectivity index (χ1n) is 8.58. The van der Waals surface area contributed by atoms with Crippen LogP contribution in [0.4, 0.5) is 10.1 Å². The van der Waals surface area contributed by atoms with E-state index in [1.165, 1.54) is 30.3 Å². The van der Waals surface area contributed by atoms with Crippen LogP contribution in [0.3, 0.4) is 0 Å². The van der Waals surface area contributed by atoms with Crippen molar-refractivity contribution in [1.82, 2.24) is 0 Å². The molecule has 1 amide bonds. The van der Waals surface area contributed by atoms with Crippen LogP contribution < -0.4 is 10.1 Å². The van der Waals surface area contributed by atoms with Gasteiger partial charge in [0.05, 0.1) is 7.11 Å². The van der Waals surface area contributed by atoms with Crippen molar-refractivity contribution in [3.05, 3.63) is 101 Å². The number of rotatable bonds is 6. The van der Waals surface area contributed by atoms with E-state index >= 15 is 0 Å². The molecule has 0 heterocycles. The molecule has 0 aliphatic heterocycles. The van der Waals surface area contributed by atoms with Gasteiger partial charge in [-0.15, -0.1) is 0 Å². The summed E-state index contributed by atoms with van der Waals surface area (Å²) in [5.74, 6) is -0.134. The fraction of sp³-hybridized carbons (Fsp3) is 0.0435. The molecule has 5 heteroatoms. The van der Waals surface area contributed by atoms with Gasteiger partial charge in [-0.3, -0.25) is 9.59 Å². The number of anilines is 1. The minimum absolute atomic E-state index is 0.114. The Morgan fingerprint density at radius 1 is 0.857 bits per heavy atom. The number of amides is 1. The second kappa shape index (κ2) is 8.77. The number of halogens is 1. The molecule has 3 aromatic carbocycles. The molecule has 0 radical (unpaired) electrons. The first-order valence-corrected chi connectivity index (χ1v) is 8.58. The Bertz CT molecular complexity index is 992. The number of benzene rings is 3. The highest BCUT2D eigenvalue weighted by Crippen LogP contribution is 2.15. The quantitative estimate of drug-likeness (QED) is 0.488. The Hall–Kier alpha value is -3.73. The normalized spacial score (nSPS) is 10.6. The molecule has 0 saturated heterocycles. The summed E-state index contributed by atoms with van der Waals surface area (Å²) in [6.45, 7) is 0. The Morgan fingerprint density at radius 3 is 2.07 bits per heavy atom. The van der Waals surface area contributed by atoms with E-state index in [1.54, 1.807) is 61.7 Å². The monoisotopic (exact) mass is 375 g/mol. The molecular weight excluding hydrogens is 357 g/mol. The van der Waals surface area contributed by atoms with E-state index in [0.29, 0.717) is 22.6 Å². The summed E-state index contributed by atoms with van der Waals surface area (Å²) in [7, 11) is 1.57. The molecule has 0 bridgehead atoms. The van der Waals surface area contributed by atoms with E-state index in [-0.39, 0.29) is 11.7 Å². The Morgan fingerprint density at radius 2 is 1.46 bits per heavy atom. The molecule has 140 valence electrons. The van der Waals surface area contributed by atoms with Crippen LogP contribution >= 0.6 is 0 Å². The minimum Gasteiger partial charge on any atom is -0.497 e. The summed E-state index contributed by atoms with van der Waals surface area (Å²) in [5.41, 5.74) is 2.37. The van der Waals surface area contributed by atoms with E-state index in [1.807, 2.05) is 0 Å². The number of hydrogen-bond acceptors (Lipinski definition) is 3. The number of allylic oxidation sites excluding steroid dienone is 1.